The average Bonchev–Trinajstić information content (AvgIpc) is 2.94. The van der Waals surface area contributed by atoms with Crippen LogP contribution in [0.15, 0.2) is 4.52 Å². The molecule has 2 fully saturated rings. The van der Waals surface area contributed by atoms with Gasteiger partial charge in [0.15, 0.2) is 5.82 Å². The van der Waals surface area contributed by atoms with Gasteiger partial charge in [0, 0.05) is 24.9 Å². The van der Waals surface area contributed by atoms with Crippen molar-refractivity contribution in [2.24, 2.45) is 5.92 Å². The number of carbonyl (C=O) groups is 1. The molecule has 1 aromatic heterocycles. The first-order valence-electron chi connectivity index (χ1n) is 6.64. The van der Waals surface area contributed by atoms with E-state index in [1.54, 1.807) is 4.90 Å². The van der Waals surface area contributed by atoms with Crippen LogP contribution in [0.1, 0.15) is 43.3 Å². The highest BCUT2D eigenvalue weighted by Crippen LogP contribution is 2.34. The Labute approximate surface area is 113 Å². The van der Waals surface area contributed by atoms with Crippen LogP contribution in [0.25, 0.3) is 0 Å². The van der Waals surface area contributed by atoms with Gasteiger partial charge in [-0.05, 0) is 19.3 Å². The van der Waals surface area contributed by atoms with Crippen molar-refractivity contribution >= 4 is 5.91 Å². The SMILES string of the molecule is O=C(C1CCC1)N1CC[C@H](c2noc(C(F)(F)F)n2)C1. The molecule has 2 heterocycles. The van der Waals surface area contributed by atoms with E-state index in [0.717, 1.165) is 19.3 Å². The van der Waals surface area contributed by atoms with Crippen LogP contribution in [-0.2, 0) is 11.0 Å². The standard InChI is InChI=1S/C12H14F3N3O2/c13-12(14,15)11-16-9(17-20-11)8-4-5-18(6-8)10(19)7-2-1-3-7/h7-8H,1-6H2/t8-/m0/s1. The molecule has 0 aromatic carbocycles. The lowest BCUT2D eigenvalue weighted by Gasteiger charge is -2.29. The molecule has 0 unspecified atom stereocenters. The van der Waals surface area contributed by atoms with Gasteiger partial charge in [-0.1, -0.05) is 11.6 Å². The van der Waals surface area contributed by atoms with E-state index in [1.165, 1.54) is 0 Å². The van der Waals surface area contributed by atoms with Crippen molar-refractivity contribution in [1.29, 1.82) is 0 Å². The quantitative estimate of drug-likeness (QED) is 0.837. The molecule has 1 atom stereocenters. The van der Waals surface area contributed by atoms with Crippen molar-refractivity contribution in [3.8, 4) is 0 Å². The van der Waals surface area contributed by atoms with Crippen molar-refractivity contribution in [3.05, 3.63) is 11.7 Å². The Morgan fingerprint density at radius 1 is 1.30 bits per heavy atom. The van der Waals surface area contributed by atoms with Crippen LogP contribution in [-0.4, -0.2) is 34.0 Å². The smallest absolute Gasteiger partial charge is 0.342 e. The highest BCUT2D eigenvalue weighted by atomic mass is 19.4. The number of halogens is 3. The monoisotopic (exact) mass is 289 g/mol. The van der Waals surface area contributed by atoms with Crippen LogP contribution >= 0.6 is 0 Å². The lowest BCUT2D eigenvalue weighted by Crippen LogP contribution is -2.37. The van der Waals surface area contributed by atoms with Gasteiger partial charge in [0.05, 0.1) is 0 Å². The summed E-state index contributed by atoms with van der Waals surface area (Å²) in [6.07, 6.45) is -1.13. The second kappa shape index (κ2) is 4.75. The Bertz CT molecular complexity index is 510. The Morgan fingerprint density at radius 3 is 2.60 bits per heavy atom. The summed E-state index contributed by atoms with van der Waals surface area (Å²) in [4.78, 5) is 17.2. The summed E-state index contributed by atoms with van der Waals surface area (Å²) in [6.45, 7) is 0.933. The zero-order valence-corrected chi connectivity index (χ0v) is 10.7. The third kappa shape index (κ3) is 2.38. The first-order chi connectivity index (χ1) is 9.45. The number of hydrogen-bond donors (Lipinski definition) is 0. The molecule has 1 saturated carbocycles. The molecule has 1 saturated heterocycles. The second-order valence-electron chi connectivity index (χ2n) is 5.35. The van der Waals surface area contributed by atoms with E-state index in [2.05, 4.69) is 14.7 Å². The summed E-state index contributed by atoms with van der Waals surface area (Å²) in [5.74, 6) is -1.33. The lowest BCUT2D eigenvalue weighted by atomic mass is 9.84. The summed E-state index contributed by atoms with van der Waals surface area (Å²) in [6, 6.07) is 0. The van der Waals surface area contributed by atoms with E-state index < -0.39 is 12.1 Å². The van der Waals surface area contributed by atoms with Gasteiger partial charge in [-0.25, -0.2) is 0 Å². The second-order valence-corrected chi connectivity index (χ2v) is 5.35. The molecular formula is C12H14F3N3O2. The average molecular weight is 289 g/mol. The van der Waals surface area contributed by atoms with Crippen LogP contribution < -0.4 is 0 Å². The van der Waals surface area contributed by atoms with E-state index in [-0.39, 0.29) is 23.6 Å². The van der Waals surface area contributed by atoms with Crippen LogP contribution in [0.4, 0.5) is 13.2 Å². The molecule has 1 aromatic rings. The fourth-order valence-corrected chi connectivity index (χ4v) is 2.60. The highest BCUT2D eigenvalue weighted by Gasteiger charge is 2.41. The molecule has 5 nitrogen and oxygen atoms in total. The molecule has 110 valence electrons. The first kappa shape index (κ1) is 13.4. The van der Waals surface area contributed by atoms with E-state index in [1.807, 2.05) is 0 Å². The number of nitrogens with zero attached hydrogens (tertiary/aromatic N) is 3. The number of carbonyl (C=O) groups excluding carboxylic acids is 1. The molecule has 1 aliphatic carbocycles. The Morgan fingerprint density at radius 2 is 2.05 bits per heavy atom. The molecule has 1 aliphatic heterocycles. The van der Waals surface area contributed by atoms with Crippen LogP contribution in [0, 0.1) is 5.92 Å². The summed E-state index contributed by atoms with van der Waals surface area (Å²) in [5.41, 5.74) is 0. The Kier molecular flexibility index (Phi) is 3.18. The predicted molar refractivity (Wildman–Crippen MR) is 60.6 cm³/mol. The molecule has 0 radical (unpaired) electrons. The first-order valence-corrected chi connectivity index (χ1v) is 6.64. The van der Waals surface area contributed by atoms with Gasteiger partial charge in [-0.2, -0.15) is 18.2 Å². The van der Waals surface area contributed by atoms with Crippen molar-refractivity contribution in [2.45, 2.75) is 37.8 Å². The molecule has 0 N–H and O–H groups in total. The van der Waals surface area contributed by atoms with Crippen LogP contribution in [0.2, 0.25) is 0 Å². The molecule has 20 heavy (non-hydrogen) atoms. The number of alkyl halides is 3. The van der Waals surface area contributed by atoms with E-state index >= 15 is 0 Å². The van der Waals surface area contributed by atoms with Crippen molar-refractivity contribution in [3.63, 3.8) is 0 Å². The zero-order chi connectivity index (χ0) is 14.3. The maximum Gasteiger partial charge on any atom is 0.471 e. The molecule has 1 amide bonds. The third-order valence-corrected chi connectivity index (χ3v) is 4.00. The van der Waals surface area contributed by atoms with Gasteiger partial charge >= 0.3 is 12.1 Å². The topological polar surface area (TPSA) is 59.2 Å². The summed E-state index contributed by atoms with van der Waals surface area (Å²) in [7, 11) is 0. The third-order valence-electron chi connectivity index (χ3n) is 4.00. The van der Waals surface area contributed by atoms with Gasteiger partial charge in [0.25, 0.3) is 0 Å². The predicted octanol–water partition coefficient (Wildman–Crippen LogP) is 2.20. The fraction of sp³-hybridized carbons (Fsp3) is 0.750. The molecular weight excluding hydrogens is 275 g/mol. The van der Waals surface area contributed by atoms with E-state index in [4.69, 9.17) is 0 Å². The molecule has 0 spiro atoms. The van der Waals surface area contributed by atoms with E-state index in [9.17, 15) is 18.0 Å². The van der Waals surface area contributed by atoms with Gasteiger partial charge in [-0.3, -0.25) is 4.79 Å². The van der Waals surface area contributed by atoms with Crippen molar-refractivity contribution < 1.29 is 22.5 Å². The molecule has 0 bridgehead atoms. The van der Waals surface area contributed by atoms with Crippen molar-refractivity contribution in [2.75, 3.05) is 13.1 Å². The maximum atomic E-state index is 12.4. The van der Waals surface area contributed by atoms with Crippen molar-refractivity contribution in [1.82, 2.24) is 15.0 Å². The Hall–Kier alpha value is -1.60. The lowest BCUT2D eigenvalue weighted by molar-refractivity contribution is -0.159. The highest BCUT2D eigenvalue weighted by molar-refractivity contribution is 5.79. The summed E-state index contributed by atoms with van der Waals surface area (Å²) >= 11 is 0. The van der Waals surface area contributed by atoms with E-state index in [0.29, 0.717) is 19.5 Å². The van der Waals surface area contributed by atoms with Gasteiger partial charge < -0.3 is 9.42 Å². The number of rotatable bonds is 2. The minimum absolute atomic E-state index is 0.0428. The molecule has 2 aliphatic rings. The Balaban J connectivity index is 1.64. The minimum Gasteiger partial charge on any atom is -0.342 e. The normalized spacial score (nSPS) is 23.9. The van der Waals surface area contributed by atoms with Crippen LogP contribution in [0.5, 0.6) is 0 Å². The number of aromatic nitrogens is 2. The zero-order valence-electron chi connectivity index (χ0n) is 10.7. The van der Waals surface area contributed by atoms with Gasteiger partial charge in [-0.15, -0.1) is 0 Å². The summed E-state index contributed by atoms with van der Waals surface area (Å²) < 4.78 is 41.4. The van der Waals surface area contributed by atoms with Gasteiger partial charge in [0.2, 0.25) is 5.91 Å². The van der Waals surface area contributed by atoms with Crippen LogP contribution in [0.3, 0.4) is 0 Å². The number of likely N-dealkylation sites (tertiary alicyclic amines) is 1. The summed E-state index contributed by atoms with van der Waals surface area (Å²) in [5, 5.41) is 3.39. The molecule has 8 heteroatoms. The maximum absolute atomic E-state index is 12.4. The van der Waals surface area contributed by atoms with Gasteiger partial charge in [0.1, 0.15) is 0 Å². The number of amides is 1. The fourth-order valence-electron chi connectivity index (χ4n) is 2.60. The largest absolute Gasteiger partial charge is 0.471 e. The minimum atomic E-state index is -4.62. The number of hydrogen-bond acceptors (Lipinski definition) is 4. The molecule has 3 rings (SSSR count).